The van der Waals surface area contributed by atoms with Gasteiger partial charge >= 0.3 is 5.97 Å². The fraction of sp³-hybridized carbons (Fsp3) is 0.556. The van der Waals surface area contributed by atoms with Crippen LogP contribution >= 0.6 is 21.6 Å². The van der Waals surface area contributed by atoms with Crippen molar-refractivity contribution in [2.45, 2.75) is 51.2 Å². The van der Waals surface area contributed by atoms with Crippen LogP contribution in [0.2, 0.25) is 0 Å². The van der Waals surface area contributed by atoms with Crippen molar-refractivity contribution in [3.8, 4) is 0 Å². The molecule has 0 unspecified atom stereocenters. The van der Waals surface area contributed by atoms with Gasteiger partial charge in [0.1, 0.15) is 0 Å². The summed E-state index contributed by atoms with van der Waals surface area (Å²) in [7, 11) is 3.91. The minimum Gasteiger partial charge on any atom is -0.456 e. The molecule has 0 aliphatic carbocycles. The molecule has 6 heteroatoms. The quantitative estimate of drug-likeness (QED) is 0.416. The van der Waals surface area contributed by atoms with Crippen LogP contribution in [0.15, 0.2) is 18.2 Å². The van der Waals surface area contributed by atoms with Crippen molar-refractivity contribution in [3.63, 3.8) is 0 Å². The second-order valence-corrected chi connectivity index (χ2v) is 8.95. The van der Waals surface area contributed by atoms with Gasteiger partial charge in [-0.1, -0.05) is 34.1 Å². The molecule has 1 aromatic rings. The van der Waals surface area contributed by atoms with Crippen LogP contribution in [0.5, 0.6) is 0 Å². The Morgan fingerprint density at radius 3 is 2.62 bits per heavy atom. The van der Waals surface area contributed by atoms with Crippen LogP contribution in [0.3, 0.4) is 0 Å². The van der Waals surface area contributed by atoms with Crippen LogP contribution in [0.1, 0.15) is 43.2 Å². The van der Waals surface area contributed by atoms with E-state index in [1.807, 2.05) is 53.6 Å². The smallest absolute Gasteiger partial charge is 0.306 e. The second-order valence-electron chi connectivity index (χ2n) is 6.16. The summed E-state index contributed by atoms with van der Waals surface area (Å²) in [6.07, 6.45) is 4.71. The number of anilines is 1. The number of nitrogens with one attached hydrogen (secondary N) is 1. The molecule has 24 heavy (non-hydrogen) atoms. The lowest BCUT2D eigenvalue weighted by atomic mass is 10.1. The SMILES string of the molecule is Cc1cc(C)cc(NC(=O)COC(=O)CCCC[C@H]2CCSS2)c1. The number of amides is 1. The van der Waals surface area contributed by atoms with E-state index >= 15 is 0 Å². The van der Waals surface area contributed by atoms with Crippen LogP contribution in [-0.2, 0) is 14.3 Å². The van der Waals surface area contributed by atoms with E-state index in [0.29, 0.717) is 6.42 Å². The summed E-state index contributed by atoms with van der Waals surface area (Å²) in [4.78, 5) is 23.5. The van der Waals surface area contributed by atoms with Crippen LogP contribution in [0.25, 0.3) is 0 Å². The molecule has 1 atom stereocenters. The number of rotatable bonds is 8. The summed E-state index contributed by atoms with van der Waals surface area (Å²) in [6, 6.07) is 5.83. The van der Waals surface area contributed by atoms with Crippen LogP contribution in [0, 0.1) is 13.8 Å². The highest BCUT2D eigenvalue weighted by Gasteiger charge is 2.16. The first-order valence-electron chi connectivity index (χ1n) is 8.35. The molecule has 4 nitrogen and oxygen atoms in total. The molecule has 1 aliphatic heterocycles. The average molecular weight is 368 g/mol. The van der Waals surface area contributed by atoms with Gasteiger partial charge in [-0.05, 0) is 56.4 Å². The van der Waals surface area contributed by atoms with Crippen molar-refractivity contribution in [3.05, 3.63) is 29.3 Å². The fourth-order valence-corrected chi connectivity index (χ4v) is 5.70. The summed E-state index contributed by atoms with van der Waals surface area (Å²) in [5, 5.41) is 3.51. The van der Waals surface area contributed by atoms with Gasteiger partial charge in [-0.2, -0.15) is 0 Å². The Balaban J connectivity index is 1.59. The Morgan fingerprint density at radius 2 is 1.96 bits per heavy atom. The number of esters is 1. The van der Waals surface area contributed by atoms with Gasteiger partial charge in [-0.15, -0.1) is 0 Å². The molecule has 1 saturated heterocycles. The zero-order valence-electron chi connectivity index (χ0n) is 14.3. The van der Waals surface area contributed by atoms with Gasteiger partial charge in [0.25, 0.3) is 5.91 Å². The lowest BCUT2D eigenvalue weighted by Crippen LogP contribution is -2.20. The van der Waals surface area contributed by atoms with Gasteiger partial charge in [0, 0.05) is 23.1 Å². The molecule has 0 radical (unpaired) electrons. The van der Waals surface area contributed by atoms with Crippen molar-refractivity contribution in [2.75, 3.05) is 17.7 Å². The zero-order chi connectivity index (χ0) is 17.4. The normalized spacial score (nSPS) is 16.8. The monoisotopic (exact) mass is 367 g/mol. The van der Waals surface area contributed by atoms with Crippen molar-refractivity contribution >= 4 is 39.2 Å². The highest BCUT2D eigenvalue weighted by atomic mass is 33.1. The number of ether oxygens (including phenoxy) is 1. The maximum atomic E-state index is 11.9. The predicted molar refractivity (Wildman–Crippen MR) is 102 cm³/mol. The molecule has 2 rings (SSSR count). The first-order valence-corrected chi connectivity index (χ1v) is 10.7. The molecule has 1 amide bonds. The van der Waals surface area contributed by atoms with Crippen molar-refractivity contribution in [1.82, 2.24) is 0 Å². The van der Waals surface area contributed by atoms with Crippen LogP contribution < -0.4 is 5.32 Å². The molecule has 0 spiro atoms. The van der Waals surface area contributed by atoms with Crippen molar-refractivity contribution < 1.29 is 14.3 Å². The number of hydrogen-bond acceptors (Lipinski definition) is 5. The number of aryl methyl sites for hydroxylation is 2. The van der Waals surface area contributed by atoms with Crippen molar-refractivity contribution in [1.29, 1.82) is 0 Å². The highest BCUT2D eigenvalue weighted by molar-refractivity contribution is 8.77. The minimum absolute atomic E-state index is 0.221. The number of unbranched alkanes of at least 4 members (excludes halogenated alkanes) is 1. The van der Waals surface area contributed by atoms with E-state index in [2.05, 4.69) is 5.32 Å². The number of benzene rings is 1. The molecule has 0 bridgehead atoms. The van der Waals surface area contributed by atoms with E-state index in [0.717, 1.165) is 41.3 Å². The second kappa shape index (κ2) is 9.99. The molecule has 1 aliphatic rings. The molecule has 132 valence electrons. The molecule has 0 saturated carbocycles. The fourth-order valence-electron chi connectivity index (χ4n) is 2.67. The Morgan fingerprint density at radius 1 is 1.21 bits per heavy atom. The average Bonchev–Trinajstić information content (AvgIpc) is 3.02. The molecule has 0 aromatic heterocycles. The summed E-state index contributed by atoms with van der Waals surface area (Å²) < 4.78 is 5.05. The first kappa shape index (κ1) is 19.2. The standard InChI is InChI=1S/C18H25NO3S2/c1-13-9-14(2)11-15(10-13)19-17(20)12-22-18(21)6-4-3-5-16-7-8-23-24-16/h9-11,16H,3-8,12H2,1-2H3,(H,19,20)/t16-/m0/s1. The molecular formula is C18H25NO3S2. The maximum Gasteiger partial charge on any atom is 0.306 e. The van der Waals surface area contributed by atoms with Crippen LogP contribution in [0.4, 0.5) is 5.69 Å². The van der Waals surface area contributed by atoms with Gasteiger partial charge in [-0.25, -0.2) is 0 Å². The summed E-state index contributed by atoms with van der Waals surface area (Å²) in [5.41, 5.74) is 2.91. The lowest BCUT2D eigenvalue weighted by Gasteiger charge is -2.09. The van der Waals surface area contributed by atoms with Crippen LogP contribution in [-0.4, -0.2) is 29.5 Å². The third-order valence-electron chi connectivity index (χ3n) is 3.75. The predicted octanol–water partition coefficient (Wildman–Crippen LogP) is 4.50. The summed E-state index contributed by atoms with van der Waals surface area (Å²) in [6.45, 7) is 3.73. The summed E-state index contributed by atoms with van der Waals surface area (Å²) in [5.74, 6) is 0.652. The van der Waals surface area contributed by atoms with E-state index in [9.17, 15) is 9.59 Å². The molecular weight excluding hydrogens is 342 g/mol. The number of carbonyl (C=O) groups excluding carboxylic acids is 2. The third kappa shape index (κ3) is 7.18. The summed E-state index contributed by atoms with van der Waals surface area (Å²) >= 11 is 0. The van der Waals surface area contributed by atoms with Gasteiger partial charge < -0.3 is 10.1 Å². The third-order valence-corrected chi connectivity index (χ3v) is 6.76. The Hall–Kier alpha value is -1.14. The first-order chi connectivity index (χ1) is 11.5. The van der Waals surface area contributed by atoms with E-state index in [4.69, 9.17) is 4.74 Å². The van der Waals surface area contributed by atoms with E-state index < -0.39 is 0 Å². The van der Waals surface area contributed by atoms with Gasteiger partial charge in [0.2, 0.25) is 0 Å². The Bertz CT molecular complexity index is 551. The highest BCUT2D eigenvalue weighted by Crippen LogP contribution is 2.39. The molecule has 1 heterocycles. The van der Waals surface area contributed by atoms with E-state index in [1.165, 1.54) is 12.2 Å². The van der Waals surface area contributed by atoms with Crippen molar-refractivity contribution in [2.24, 2.45) is 0 Å². The molecule has 1 aromatic carbocycles. The topological polar surface area (TPSA) is 55.4 Å². The molecule has 1 N–H and O–H groups in total. The number of carbonyl (C=O) groups is 2. The Kier molecular flexibility index (Phi) is 7.99. The zero-order valence-corrected chi connectivity index (χ0v) is 15.9. The Labute approximate surface area is 151 Å². The minimum atomic E-state index is -0.298. The molecule has 1 fully saturated rings. The largest absolute Gasteiger partial charge is 0.456 e. The van der Waals surface area contributed by atoms with E-state index in [1.54, 1.807) is 0 Å². The van der Waals surface area contributed by atoms with Gasteiger partial charge in [-0.3, -0.25) is 9.59 Å². The van der Waals surface area contributed by atoms with Gasteiger partial charge in [0.05, 0.1) is 0 Å². The lowest BCUT2D eigenvalue weighted by molar-refractivity contribution is -0.147. The van der Waals surface area contributed by atoms with E-state index in [-0.39, 0.29) is 18.5 Å². The number of hydrogen-bond donors (Lipinski definition) is 1. The maximum absolute atomic E-state index is 11.9. The van der Waals surface area contributed by atoms with Gasteiger partial charge in [0.15, 0.2) is 6.61 Å².